The Morgan fingerprint density at radius 1 is 1.43 bits per heavy atom. The molecule has 2 N–H and O–H groups in total. The highest BCUT2D eigenvalue weighted by Gasteiger charge is 2.05. The van der Waals surface area contributed by atoms with Gasteiger partial charge in [0.25, 0.3) is 0 Å². The summed E-state index contributed by atoms with van der Waals surface area (Å²) in [6.07, 6.45) is 0.250. The fraction of sp³-hybridized carbons (Fsp3) is 0.364. The van der Waals surface area contributed by atoms with E-state index in [-0.39, 0.29) is 12.3 Å². The molecule has 0 unspecified atom stereocenters. The molecule has 0 bridgehead atoms. The average molecular weight is 212 g/mol. The summed E-state index contributed by atoms with van der Waals surface area (Å²) < 4.78 is 0. The van der Waals surface area contributed by atoms with Crippen molar-refractivity contribution in [2.24, 2.45) is 5.73 Å². The standard InChI is InChI=1S/C11H14ClNO/c1-7(2)9-3-8(5-11(13)14)4-10(12)6-9/h3-4,6-7H,5H2,1-2H3,(H2,13,14). The van der Waals surface area contributed by atoms with Crippen molar-refractivity contribution in [1.29, 1.82) is 0 Å². The molecule has 0 radical (unpaired) electrons. The lowest BCUT2D eigenvalue weighted by molar-refractivity contribution is -0.117. The molecule has 0 aromatic heterocycles. The van der Waals surface area contributed by atoms with Crippen molar-refractivity contribution in [2.75, 3.05) is 0 Å². The van der Waals surface area contributed by atoms with Crippen LogP contribution in [0, 0.1) is 0 Å². The molecule has 1 rings (SSSR count). The molecule has 1 amide bonds. The number of hydrogen-bond acceptors (Lipinski definition) is 1. The van der Waals surface area contributed by atoms with E-state index in [0.717, 1.165) is 11.1 Å². The summed E-state index contributed by atoms with van der Waals surface area (Å²) in [6.45, 7) is 4.17. The molecule has 0 aliphatic carbocycles. The quantitative estimate of drug-likeness (QED) is 0.820. The second-order valence-corrected chi connectivity index (χ2v) is 4.13. The van der Waals surface area contributed by atoms with E-state index in [0.29, 0.717) is 10.9 Å². The van der Waals surface area contributed by atoms with E-state index in [1.165, 1.54) is 0 Å². The van der Waals surface area contributed by atoms with Crippen LogP contribution in [0.1, 0.15) is 30.9 Å². The maximum Gasteiger partial charge on any atom is 0.221 e. The maximum atomic E-state index is 10.7. The van der Waals surface area contributed by atoms with Crippen molar-refractivity contribution in [3.8, 4) is 0 Å². The Labute approximate surface area is 89.1 Å². The molecular weight excluding hydrogens is 198 g/mol. The third kappa shape index (κ3) is 3.04. The first-order chi connectivity index (χ1) is 6.49. The number of carbonyl (C=O) groups excluding carboxylic acids is 1. The molecular formula is C11H14ClNO. The van der Waals surface area contributed by atoms with Crippen LogP contribution in [-0.4, -0.2) is 5.91 Å². The Morgan fingerprint density at radius 3 is 2.57 bits per heavy atom. The van der Waals surface area contributed by atoms with Crippen LogP contribution in [-0.2, 0) is 11.2 Å². The molecule has 0 heterocycles. The van der Waals surface area contributed by atoms with Crippen LogP contribution in [0.25, 0.3) is 0 Å². The molecule has 0 atom stereocenters. The molecule has 14 heavy (non-hydrogen) atoms. The van der Waals surface area contributed by atoms with Crippen LogP contribution in [0.15, 0.2) is 18.2 Å². The van der Waals surface area contributed by atoms with Crippen LogP contribution in [0.3, 0.4) is 0 Å². The lowest BCUT2D eigenvalue weighted by atomic mass is 9.99. The van der Waals surface area contributed by atoms with Crippen LogP contribution in [0.2, 0.25) is 5.02 Å². The lowest BCUT2D eigenvalue weighted by Crippen LogP contribution is -2.13. The van der Waals surface area contributed by atoms with Gasteiger partial charge in [0.05, 0.1) is 6.42 Å². The molecule has 1 aromatic carbocycles. The zero-order chi connectivity index (χ0) is 10.7. The smallest absolute Gasteiger partial charge is 0.221 e. The summed E-state index contributed by atoms with van der Waals surface area (Å²) in [5.74, 6) is 0.0716. The summed E-state index contributed by atoms with van der Waals surface area (Å²) in [4.78, 5) is 10.7. The van der Waals surface area contributed by atoms with E-state index in [9.17, 15) is 4.79 Å². The maximum absolute atomic E-state index is 10.7. The van der Waals surface area contributed by atoms with E-state index < -0.39 is 0 Å². The van der Waals surface area contributed by atoms with Crippen LogP contribution < -0.4 is 5.73 Å². The second-order valence-electron chi connectivity index (χ2n) is 3.69. The Bertz CT molecular complexity index is 347. The second kappa shape index (κ2) is 4.47. The van der Waals surface area contributed by atoms with Gasteiger partial charge in [-0.25, -0.2) is 0 Å². The first-order valence-electron chi connectivity index (χ1n) is 4.56. The van der Waals surface area contributed by atoms with Crippen molar-refractivity contribution in [2.45, 2.75) is 26.2 Å². The molecule has 2 nitrogen and oxygen atoms in total. The van der Waals surface area contributed by atoms with Crippen LogP contribution in [0.5, 0.6) is 0 Å². The molecule has 0 fully saturated rings. The van der Waals surface area contributed by atoms with Gasteiger partial charge in [0, 0.05) is 5.02 Å². The van der Waals surface area contributed by atoms with E-state index in [1.54, 1.807) is 6.07 Å². The van der Waals surface area contributed by atoms with Gasteiger partial charge in [-0.05, 0) is 29.2 Å². The fourth-order valence-electron chi connectivity index (χ4n) is 1.31. The molecule has 0 saturated carbocycles. The largest absolute Gasteiger partial charge is 0.369 e. The molecule has 3 heteroatoms. The van der Waals surface area contributed by atoms with Gasteiger partial charge in [0.2, 0.25) is 5.91 Å². The minimum atomic E-state index is -0.332. The van der Waals surface area contributed by atoms with Gasteiger partial charge in [-0.3, -0.25) is 4.79 Å². The highest BCUT2D eigenvalue weighted by Crippen LogP contribution is 2.21. The van der Waals surface area contributed by atoms with Crippen LogP contribution >= 0.6 is 11.6 Å². The van der Waals surface area contributed by atoms with Crippen molar-refractivity contribution in [3.05, 3.63) is 34.3 Å². The Kier molecular flexibility index (Phi) is 3.53. The molecule has 0 aliphatic rings. The van der Waals surface area contributed by atoms with Gasteiger partial charge >= 0.3 is 0 Å². The summed E-state index contributed by atoms with van der Waals surface area (Å²) in [7, 11) is 0. The molecule has 1 aromatic rings. The van der Waals surface area contributed by atoms with Gasteiger partial charge in [-0.2, -0.15) is 0 Å². The Hall–Kier alpha value is -1.02. The van der Waals surface area contributed by atoms with Crippen molar-refractivity contribution >= 4 is 17.5 Å². The monoisotopic (exact) mass is 211 g/mol. The number of halogens is 1. The van der Waals surface area contributed by atoms with Gasteiger partial charge in [-0.1, -0.05) is 31.5 Å². The number of carbonyl (C=O) groups is 1. The van der Waals surface area contributed by atoms with Crippen molar-refractivity contribution in [3.63, 3.8) is 0 Å². The van der Waals surface area contributed by atoms with E-state index in [1.807, 2.05) is 12.1 Å². The molecule has 0 spiro atoms. The lowest BCUT2D eigenvalue weighted by Gasteiger charge is -2.08. The Morgan fingerprint density at radius 2 is 2.07 bits per heavy atom. The summed E-state index contributed by atoms with van der Waals surface area (Å²) in [6, 6.07) is 5.66. The van der Waals surface area contributed by atoms with E-state index >= 15 is 0 Å². The number of amides is 1. The zero-order valence-corrected chi connectivity index (χ0v) is 9.14. The summed E-state index contributed by atoms with van der Waals surface area (Å²) in [5, 5.41) is 0.660. The number of hydrogen-bond donors (Lipinski definition) is 1. The molecule has 0 aliphatic heterocycles. The third-order valence-corrected chi connectivity index (χ3v) is 2.24. The average Bonchev–Trinajstić information content (AvgIpc) is 2.01. The predicted octanol–water partition coefficient (Wildman–Crippen LogP) is 2.49. The van der Waals surface area contributed by atoms with Crippen molar-refractivity contribution in [1.82, 2.24) is 0 Å². The number of primary amides is 1. The summed E-state index contributed by atoms with van der Waals surface area (Å²) in [5.41, 5.74) is 7.13. The van der Waals surface area contributed by atoms with Crippen LogP contribution in [0.4, 0.5) is 0 Å². The summed E-state index contributed by atoms with van der Waals surface area (Å²) >= 11 is 5.93. The Balaban J connectivity index is 3.01. The minimum Gasteiger partial charge on any atom is -0.369 e. The number of nitrogens with two attached hydrogens (primary N) is 1. The molecule has 0 saturated heterocycles. The zero-order valence-electron chi connectivity index (χ0n) is 8.38. The van der Waals surface area contributed by atoms with Gasteiger partial charge in [0.1, 0.15) is 0 Å². The number of rotatable bonds is 3. The first kappa shape index (κ1) is 11.1. The first-order valence-corrected chi connectivity index (χ1v) is 4.94. The fourth-order valence-corrected chi connectivity index (χ4v) is 1.58. The highest BCUT2D eigenvalue weighted by atomic mass is 35.5. The van der Waals surface area contributed by atoms with Crippen molar-refractivity contribution < 1.29 is 4.79 Å². The SMILES string of the molecule is CC(C)c1cc(Cl)cc(CC(N)=O)c1. The third-order valence-electron chi connectivity index (χ3n) is 2.02. The number of benzene rings is 1. The highest BCUT2D eigenvalue weighted by molar-refractivity contribution is 6.30. The minimum absolute atomic E-state index is 0.250. The van der Waals surface area contributed by atoms with E-state index in [2.05, 4.69) is 13.8 Å². The normalized spacial score (nSPS) is 10.6. The predicted molar refractivity (Wildman–Crippen MR) is 58.4 cm³/mol. The topological polar surface area (TPSA) is 43.1 Å². The van der Waals surface area contributed by atoms with E-state index in [4.69, 9.17) is 17.3 Å². The molecule has 76 valence electrons. The van der Waals surface area contributed by atoms with Gasteiger partial charge in [-0.15, -0.1) is 0 Å². The van der Waals surface area contributed by atoms with Gasteiger partial charge < -0.3 is 5.73 Å². The van der Waals surface area contributed by atoms with Gasteiger partial charge in [0.15, 0.2) is 0 Å².